The Morgan fingerprint density at radius 2 is 1.12 bits per heavy atom. The van der Waals surface area contributed by atoms with Gasteiger partial charge in [0.2, 0.25) is 0 Å². The zero-order valence-corrected chi connectivity index (χ0v) is 7.30. The molecule has 46 valence electrons. The Kier molecular flexibility index (Phi) is 23.7. The van der Waals surface area contributed by atoms with Crippen LogP contribution in [0.1, 0.15) is 0 Å². The van der Waals surface area contributed by atoms with E-state index in [9.17, 15) is 0 Å². The van der Waals surface area contributed by atoms with Gasteiger partial charge in [0.05, 0.1) is 0 Å². The summed E-state index contributed by atoms with van der Waals surface area (Å²) in [6.07, 6.45) is 0. The molecule has 0 radical (unpaired) electrons. The minimum atomic E-state index is -5.75. The summed E-state index contributed by atoms with van der Waals surface area (Å²) >= 11 is -5.75. The van der Waals surface area contributed by atoms with Crippen LogP contribution in [0.4, 0.5) is 0 Å². The van der Waals surface area contributed by atoms with Crippen LogP contribution in [-0.2, 0) is 43.8 Å². The Labute approximate surface area is 74.8 Å². The predicted molar refractivity (Wildman–Crippen MR) is 7.81 cm³/mol. The summed E-state index contributed by atoms with van der Waals surface area (Å²) in [6, 6.07) is 0. The van der Waals surface area contributed by atoms with Crippen molar-refractivity contribution in [3.05, 3.63) is 0 Å². The maximum absolute atomic E-state index is 8.59. The maximum atomic E-state index is 8.59. The molecule has 8 heteroatoms. The SMILES string of the molecule is [Fe+2].[Mg+2].[O-2].[O]=[Cr](=[O])([O-])[O-]. The molecule has 8 heavy (non-hydrogen) atoms. The fourth-order valence-corrected chi connectivity index (χ4v) is 0. The molecule has 0 saturated carbocycles. The summed E-state index contributed by atoms with van der Waals surface area (Å²) < 4.78 is 34.4. The van der Waals surface area contributed by atoms with Crippen molar-refractivity contribution in [1.29, 1.82) is 0 Å². The molecule has 0 atom stereocenters. The molecule has 0 aromatic rings. The van der Waals surface area contributed by atoms with Crippen molar-refractivity contribution < 1.29 is 52.1 Å². The van der Waals surface area contributed by atoms with E-state index in [2.05, 4.69) is 0 Å². The molecule has 0 fully saturated rings. The van der Waals surface area contributed by atoms with Crippen LogP contribution in [0.3, 0.4) is 0 Å². The summed E-state index contributed by atoms with van der Waals surface area (Å²) in [5, 5.41) is 0. The van der Waals surface area contributed by atoms with Crippen LogP contribution in [0, 0.1) is 0 Å². The molecule has 0 heterocycles. The third kappa shape index (κ3) is 172. The first-order valence-corrected chi connectivity index (χ1v) is 2.75. The molecule has 0 spiro atoms. The summed E-state index contributed by atoms with van der Waals surface area (Å²) in [6.45, 7) is 0. The van der Waals surface area contributed by atoms with E-state index in [1.54, 1.807) is 0 Å². The van der Waals surface area contributed by atoms with Crippen molar-refractivity contribution in [2.75, 3.05) is 0 Å². The van der Waals surface area contributed by atoms with Gasteiger partial charge in [-0.25, -0.2) is 0 Å². The van der Waals surface area contributed by atoms with Gasteiger partial charge in [0.15, 0.2) is 0 Å². The molecule has 0 unspecified atom stereocenters. The van der Waals surface area contributed by atoms with Gasteiger partial charge in [-0.15, -0.1) is 0 Å². The topological polar surface area (TPSA) is 109 Å². The second-order valence-corrected chi connectivity index (χ2v) is 1.68. The van der Waals surface area contributed by atoms with Crippen LogP contribution in [0.15, 0.2) is 0 Å². The molecule has 0 saturated heterocycles. The van der Waals surface area contributed by atoms with Crippen molar-refractivity contribution in [2.45, 2.75) is 0 Å². The van der Waals surface area contributed by atoms with Gasteiger partial charge in [-0.2, -0.15) is 0 Å². The second-order valence-electron chi connectivity index (χ2n) is 0.408. The predicted octanol–water partition coefficient (Wildman–Crippen LogP) is -3.12. The molecule has 0 aromatic carbocycles. The Morgan fingerprint density at radius 3 is 1.12 bits per heavy atom. The molecule has 0 aliphatic heterocycles. The Hall–Kier alpha value is 1.30. The van der Waals surface area contributed by atoms with Gasteiger partial charge in [0, 0.05) is 0 Å². The summed E-state index contributed by atoms with van der Waals surface area (Å²) in [5.41, 5.74) is 0. The van der Waals surface area contributed by atoms with Gasteiger partial charge < -0.3 is 5.48 Å². The van der Waals surface area contributed by atoms with Gasteiger partial charge in [-0.05, 0) is 0 Å². The first-order valence-electron chi connectivity index (χ1n) is 0.667. The normalized spacial score (nSPS) is 7.25. The van der Waals surface area contributed by atoms with Gasteiger partial charge in [-0.1, -0.05) is 0 Å². The molecule has 0 aliphatic rings. The monoisotopic (exact) mass is 212 g/mol. The van der Waals surface area contributed by atoms with E-state index in [0.29, 0.717) is 0 Å². The fraction of sp³-hybridized carbons (Fsp3) is 0. The first kappa shape index (κ1) is 22.8. The van der Waals surface area contributed by atoms with Crippen LogP contribution in [0.25, 0.3) is 0 Å². The second kappa shape index (κ2) is 8.30. The van der Waals surface area contributed by atoms with Gasteiger partial charge >= 0.3 is 69.7 Å². The Bertz CT molecular complexity index is 95.6. The van der Waals surface area contributed by atoms with Crippen molar-refractivity contribution in [3.63, 3.8) is 0 Å². The summed E-state index contributed by atoms with van der Waals surface area (Å²) in [5.74, 6) is 0. The molecule has 5 nitrogen and oxygen atoms in total. The molecule has 0 bridgehead atoms. The Balaban J connectivity index is -0.0000000267. The molecule has 0 aromatic heterocycles. The van der Waals surface area contributed by atoms with E-state index in [1.807, 2.05) is 0 Å². The molecule has 0 N–H and O–H groups in total. The van der Waals surface area contributed by atoms with Gasteiger partial charge in [-0.3, -0.25) is 0 Å². The number of hydrogen-bond acceptors (Lipinski definition) is 4. The average Bonchev–Trinajstić information content (AvgIpc) is 0.722. The molecular formula is CrFeMgO5. The van der Waals surface area contributed by atoms with Crippen molar-refractivity contribution in [2.24, 2.45) is 0 Å². The van der Waals surface area contributed by atoms with Crippen LogP contribution >= 0.6 is 0 Å². The first-order chi connectivity index (χ1) is 2.00. The van der Waals surface area contributed by atoms with Gasteiger partial charge in [0.1, 0.15) is 0 Å². The zero-order valence-electron chi connectivity index (χ0n) is 3.51. The summed E-state index contributed by atoms with van der Waals surface area (Å²) in [7, 11) is 0. The quantitative estimate of drug-likeness (QED) is 0.395. The van der Waals surface area contributed by atoms with Crippen molar-refractivity contribution in [3.8, 4) is 0 Å². The third-order valence-electron chi connectivity index (χ3n) is 0. The van der Waals surface area contributed by atoms with Crippen LogP contribution in [-0.4, -0.2) is 23.1 Å². The molecule has 0 rings (SSSR count). The minimum absolute atomic E-state index is 0. The third-order valence-corrected chi connectivity index (χ3v) is 0. The van der Waals surface area contributed by atoms with Crippen LogP contribution < -0.4 is 8.32 Å². The summed E-state index contributed by atoms with van der Waals surface area (Å²) in [4.78, 5) is 0. The standard InChI is InChI=1S/Cr.Fe.Mg.5O/q;2*+2;;;-2;2*-1. The van der Waals surface area contributed by atoms with E-state index in [0.717, 1.165) is 0 Å². The van der Waals surface area contributed by atoms with E-state index < -0.39 is 13.6 Å². The molecule has 0 amide bonds. The van der Waals surface area contributed by atoms with Crippen molar-refractivity contribution in [1.82, 2.24) is 0 Å². The van der Waals surface area contributed by atoms with Crippen LogP contribution in [0.5, 0.6) is 0 Å². The van der Waals surface area contributed by atoms with Gasteiger partial charge in [0.25, 0.3) is 0 Å². The number of rotatable bonds is 0. The number of hydrogen-bond donors (Lipinski definition) is 0. The Morgan fingerprint density at radius 1 is 1.12 bits per heavy atom. The molecule has 0 aliphatic carbocycles. The average molecular weight is 212 g/mol. The zero-order chi connectivity index (χ0) is 4.50. The van der Waals surface area contributed by atoms with E-state index in [4.69, 9.17) is 15.9 Å². The van der Waals surface area contributed by atoms with E-state index in [1.165, 1.54) is 0 Å². The molecular weight excluding hydrogens is 212 g/mol. The fourth-order valence-electron chi connectivity index (χ4n) is 0. The van der Waals surface area contributed by atoms with Crippen LogP contribution in [0.2, 0.25) is 0 Å². The van der Waals surface area contributed by atoms with Crippen molar-refractivity contribution >= 4 is 23.1 Å². The van der Waals surface area contributed by atoms with E-state index in [-0.39, 0.29) is 45.6 Å². The van der Waals surface area contributed by atoms with E-state index >= 15 is 0 Å².